The molecule has 3 aromatic rings. The molecule has 0 bridgehead atoms. The first kappa shape index (κ1) is 28.2. The zero-order valence-electron chi connectivity index (χ0n) is 23.0. The van der Waals surface area contributed by atoms with Crippen molar-refractivity contribution in [2.24, 2.45) is 0 Å². The molecule has 4 rings (SSSR count). The molecule has 9 heteroatoms. The van der Waals surface area contributed by atoms with Crippen molar-refractivity contribution in [3.8, 4) is 11.5 Å². The summed E-state index contributed by atoms with van der Waals surface area (Å²) in [7, 11) is 3.02. The van der Waals surface area contributed by atoms with E-state index in [1.807, 2.05) is 37.3 Å². The van der Waals surface area contributed by atoms with Gasteiger partial charge in [-0.15, -0.1) is 0 Å². The predicted molar refractivity (Wildman–Crippen MR) is 152 cm³/mol. The lowest BCUT2D eigenvalue weighted by atomic mass is 9.91. The first-order chi connectivity index (χ1) is 19.4. The highest BCUT2D eigenvalue weighted by atomic mass is 16.5. The Morgan fingerprint density at radius 3 is 2.30 bits per heavy atom. The van der Waals surface area contributed by atoms with Crippen molar-refractivity contribution in [2.75, 3.05) is 32.7 Å². The van der Waals surface area contributed by atoms with Gasteiger partial charge < -0.3 is 24.8 Å². The van der Waals surface area contributed by atoms with E-state index in [2.05, 4.69) is 10.6 Å². The fourth-order valence-electron chi connectivity index (χ4n) is 4.62. The van der Waals surface area contributed by atoms with Gasteiger partial charge in [0.25, 0.3) is 5.91 Å². The van der Waals surface area contributed by atoms with Crippen LogP contribution in [0.15, 0.2) is 78.4 Å². The number of methoxy groups -OCH3 is 2. The zero-order chi connectivity index (χ0) is 28.6. The molecule has 1 aliphatic rings. The third-order valence-electron chi connectivity index (χ3n) is 6.47. The number of carbonyl (C=O) groups is 3. The van der Waals surface area contributed by atoms with Crippen molar-refractivity contribution in [1.82, 2.24) is 10.2 Å². The Hall–Kier alpha value is -4.79. The lowest BCUT2D eigenvalue weighted by Gasteiger charge is -2.36. The van der Waals surface area contributed by atoms with E-state index >= 15 is 0 Å². The monoisotopic (exact) mass is 543 g/mol. The second kappa shape index (κ2) is 12.8. The third-order valence-corrected chi connectivity index (χ3v) is 6.47. The predicted octanol–water partition coefficient (Wildman–Crippen LogP) is 5.41. The number of carbonyl (C=O) groups excluding carboxylic acids is 3. The SMILES string of the molecule is CCCN1C(=O)NC(c2ccc(NC(=O)c3ccc(OC)cc3OC)cc2)C(C(=O)OCC)=C1c1ccccc1. The number of hydrogen-bond acceptors (Lipinski definition) is 6. The first-order valence-corrected chi connectivity index (χ1v) is 13.1. The van der Waals surface area contributed by atoms with Crippen LogP contribution in [0.2, 0.25) is 0 Å². The largest absolute Gasteiger partial charge is 0.497 e. The van der Waals surface area contributed by atoms with Crippen LogP contribution in [0, 0.1) is 0 Å². The summed E-state index contributed by atoms with van der Waals surface area (Å²) in [6.07, 6.45) is 0.706. The van der Waals surface area contributed by atoms with Crippen LogP contribution in [0.1, 0.15) is 47.8 Å². The minimum atomic E-state index is -0.749. The highest BCUT2D eigenvalue weighted by Gasteiger charge is 2.38. The topological polar surface area (TPSA) is 106 Å². The number of anilines is 1. The average Bonchev–Trinajstić information content (AvgIpc) is 2.98. The van der Waals surface area contributed by atoms with Crippen LogP contribution in [0.3, 0.4) is 0 Å². The molecule has 0 spiro atoms. The summed E-state index contributed by atoms with van der Waals surface area (Å²) >= 11 is 0. The molecular weight excluding hydrogens is 510 g/mol. The summed E-state index contributed by atoms with van der Waals surface area (Å²) in [5, 5.41) is 5.84. The Labute approximate surface area is 233 Å². The summed E-state index contributed by atoms with van der Waals surface area (Å²) in [5.41, 5.74) is 3.17. The van der Waals surface area contributed by atoms with Gasteiger partial charge in [-0.1, -0.05) is 49.4 Å². The van der Waals surface area contributed by atoms with Crippen LogP contribution >= 0.6 is 0 Å². The van der Waals surface area contributed by atoms with Crippen molar-refractivity contribution >= 4 is 29.3 Å². The van der Waals surface area contributed by atoms with Gasteiger partial charge in [0, 0.05) is 18.3 Å². The van der Waals surface area contributed by atoms with Gasteiger partial charge in [0.2, 0.25) is 0 Å². The van der Waals surface area contributed by atoms with E-state index in [9.17, 15) is 14.4 Å². The van der Waals surface area contributed by atoms with Crippen LogP contribution in [-0.2, 0) is 9.53 Å². The molecule has 0 saturated heterocycles. The summed E-state index contributed by atoms with van der Waals surface area (Å²) in [4.78, 5) is 41.2. The normalized spacial score (nSPS) is 14.8. The number of urea groups is 1. The van der Waals surface area contributed by atoms with Crippen LogP contribution in [0.4, 0.5) is 10.5 Å². The van der Waals surface area contributed by atoms with E-state index in [0.29, 0.717) is 52.5 Å². The molecule has 40 heavy (non-hydrogen) atoms. The maximum atomic E-state index is 13.4. The highest BCUT2D eigenvalue weighted by Crippen LogP contribution is 2.37. The number of hydrogen-bond donors (Lipinski definition) is 2. The van der Waals surface area contributed by atoms with E-state index in [4.69, 9.17) is 14.2 Å². The Morgan fingerprint density at radius 1 is 0.950 bits per heavy atom. The summed E-state index contributed by atoms with van der Waals surface area (Å²) < 4.78 is 16.0. The molecule has 3 aromatic carbocycles. The molecule has 2 N–H and O–H groups in total. The third kappa shape index (κ3) is 5.93. The number of benzene rings is 3. The number of ether oxygens (including phenoxy) is 3. The van der Waals surface area contributed by atoms with Gasteiger partial charge in [-0.25, -0.2) is 9.59 Å². The van der Waals surface area contributed by atoms with Crippen LogP contribution < -0.4 is 20.1 Å². The Balaban J connectivity index is 1.70. The van der Waals surface area contributed by atoms with E-state index < -0.39 is 12.0 Å². The Kier molecular flexibility index (Phi) is 9.06. The molecule has 208 valence electrons. The molecule has 0 saturated carbocycles. The zero-order valence-corrected chi connectivity index (χ0v) is 23.0. The molecule has 1 heterocycles. The number of nitrogens with one attached hydrogen (secondary N) is 2. The fraction of sp³-hybridized carbons (Fsp3) is 0.258. The van der Waals surface area contributed by atoms with Gasteiger partial charge >= 0.3 is 12.0 Å². The van der Waals surface area contributed by atoms with Gasteiger partial charge in [-0.05, 0) is 48.7 Å². The molecule has 0 radical (unpaired) electrons. The smallest absolute Gasteiger partial charge is 0.338 e. The Bertz CT molecular complexity index is 1400. The van der Waals surface area contributed by atoms with Crippen molar-refractivity contribution in [3.05, 3.63) is 95.1 Å². The maximum Gasteiger partial charge on any atom is 0.338 e. The second-order valence-corrected chi connectivity index (χ2v) is 9.03. The van der Waals surface area contributed by atoms with Crippen molar-refractivity contribution in [2.45, 2.75) is 26.3 Å². The van der Waals surface area contributed by atoms with Gasteiger partial charge in [-0.2, -0.15) is 0 Å². The summed E-state index contributed by atoms with van der Waals surface area (Å²) in [6.45, 7) is 4.35. The Morgan fingerprint density at radius 2 is 1.68 bits per heavy atom. The molecule has 9 nitrogen and oxygen atoms in total. The van der Waals surface area contributed by atoms with E-state index in [1.165, 1.54) is 14.2 Å². The molecule has 1 atom stereocenters. The molecule has 1 unspecified atom stereocenters. The minimum Gasteiger partial charge on any atom is -0.497 e. The van der Waals surface area contributed by atoms with E-state index in [-0.39, 0.29) is 18.5 Å². The number of nitrogens with zero attached hydrogens (tertiary/aromatic N) is 1. The second-order valence-electron chi connectivity index (χ2n) is 9.03. The van der Waals surface area contributed by atoms with E-state index in [0.717, 1.165) is 5.56 Å². The van der Waals surface area contributed by atoms with Gasteiger partial charge in [-0.3, -0.25) is 9.69 Å². The van der Waals surface area contributed by atoms with E-state index in [1.54, 1.807) is 54.3 Å². The highest BCUT2D eigenvalue weighted by molar-refractivity contribution is 6.07. The fourth-order valence-corrected chi connectivity index (χ4v) is 4.62. The molecule has 0 aliphatic carbocycles. The minimum absolute atomic E-state index is 0.193. The van der Waals surface area contributed by atoms with Crippen molar-refractivity contribution in [1.29, 1.82) is 0 Å². The molecule has 0 aromatic heterocycles. The molecular formula is C31H33N3O6. The standard InChI is InChI=1S/C31H33N3O6/c1-5-18-34-28(21-10-8-7-9-11-21)26(30(36)40-6-2)27(33-31(34)37)20-12-14-22(15-13-20)32-29(35)24-17-16-23(38-3)19-25(24)39-4/h7-17,19,27H,5-6,18H2,1-4H3,(H,32,35)(H,33,37). The number of esters is 1. The lowest BCUT2D eigenvalue weighted by Crippen LogP contribution is -2.48. The molecule has 1 aliphatic heterocycles. The quantitative estimate of drug-likeness (QED) is 0.332. The van der Waals surface area contributed by atoms with Gasteiger partial charge in [0.05, 0.1) is 43.7 Å². The van der Waals surface area contributed by atoms with Crippen LogP contribution in [0.25, 0.3) is 5.70 Å². The van der Waals surface area contributed by atoms with Gasteiger partial charge in [0.15, 0.2) is 0 Å². The maximum absolute atomic E-state index is 13.4. The first-order valence-electron chi connectivity index (χ1n) is 13.1. The van der Waals surface area contributed by atoms with Gasteiger partial charge in [0.1, 0.15) is 11.5 Å². The van der Waals surface area contributed by atoms with Crippen LogP contribution in [-0.4, -0.2) is 50.2 Å². The number of amides is 3. The lowest BCUT2D eigenvalue weighted by molar-refractivity contribution is -0.138. The van der Waals surface area contributed by atoms with Crippen LogP contribution in [0.5, 0.6) is 11.5 Å². The average molecular weight is 544 g/mol. The van der Waals surface area contributed by atoms with Crippen molar-refractivity contribution < 1.29 is 28.6 Å². The number of rotatable bonds is 10. The molecule has 0 fully saturated rings. The van der Waals surface area contributed by atoms with Crippen molar-refractivity contribution in [3.63, 3.8) is 0 Å². The molecule has 3 amide bonds. The summed E-state index contributed by atoms with van der Waals surface area (Å²) in [5.74, 6) is 0.0983. The summed E-state index contributed by atoms with van der Waals surface area (Å²) in [6, 6.07) is 20.2.